The van der Waals surface area contributed by atoms with Crippen LogP contribution in [0.25, 0.3) is 0 Å². The maximum absolute atomic E-state index is 12.2. The van der Waals surface area contributed by atoms with Crippen LogP contribution in [0.15, 0.2) is 0 Å². The molecular formula is C10H19NO4S2. The van der Waals surface area contributed by atoms with Crippen molar-refractivity contribution >= 4 is 19.9 Å². The van der Waals surface area contributed by atoms with Crippen LogP contribution < -0.4 is 0 Å². The van der Waals surface area contributed by atoms with Crippen molar-refractivity contribution in [3.8, 4) is 0 Å². The van der Waals surface area contributed by atoms with E-state index in [1.165, 1.54) is 4.31 Å². The van der Waals surface area contributed by atoms with Crippen molar-refractivity contribution < 1.29 is 16.8 Å². The maximum Gasteiger partial charge on any atom is 0.218 e. The molecule has 0 aliphatic carbocycles. The highest BCUT2D eigenvalue weighted by Gasteiger charge is 2.40. The molecule has 1 atom stereocenters. The molecule has 0 spiro atoms. The Bertz CT molecular complexity index is 474. The lowest BCUT2D eigenvalue weighted by atomic mass is 10.0. The van der Waals surface area contributed by atoms with Gasteiger partial charge in [-0.25, -0.2) is 21.1 Å². The third kappa shape index (κ3) is 2.82. The van der Waals surface area contributed by atoms with Crippen molar-refractivity contribution in [3.05, 3.63) is 0 Å². The summed E-state index contributed by atoms with van der Waals surface area (Å²) in [6.45, 7) is 3.20. The molecule has 5 nitrogen and oxygen atoms in total. The van der Waals surface area contributed by atoms with Gasteiger partial charge in [0.15, 0.2) is 9.84 Å². The molecule has 17 heavy (non-hydrogen) atoms. The van der Waals surface area contributed by atoms with Gasteiger partial charge in [-0.2, -0.15) is 0 Å². The number of nitrogens with zero attached hydrogens (tertiary/aromatic N) is 1. The average molecular weight is 281 g/mol. The quantitative estimate of drug-likeness (QED) is 0.726. The first-order valence-electron chi connectivity index (χ1n) is 6.01. The lowest BCUT2D eigenvalue weighted by Gasteiger charge is -2.31. The molecule has 2 rings (SSSR count). The topological polar surface area (TPSA) is 71.5 Å². The Labute approximate surface area is 103 Å². The van der Waals surface area contributed by atoms with Gasteiger partial charge in [0.2, 0.25) is 10.0 Å². The van der Waals surface area contributed by atoms with E-state index in [0.29, 0.717) is 19.0 Å². The molecule has 2 heterocycles. The highest BCUT2D eigenvalue weighted by molar-refractivity contribution is 7.95. The van der Waals surface area contributed by atoms with E-state index in [2.05, 4.69) is 6.92 Å². The van der Waals surface area contributed by atoms with Crippen LogP contribution >= 0.6 is 0 Å². The van der Waals surface area contributed by atoms with Crippen LogP contribution in [-0.4, -0.2) is 51.0 Å². The van der Waals surface area contributed by atoms with E-state index in [4.69, 9.17) is 0 Å². The third-order valence-corrected chi connectivity index (χ3v) is 8.02. The van der Waals surface area contributed by atoms with E-state index in [1.807, 2.05) is 0 Å². The summed E-state index contributed by atoms with van der Waals surface area (Å²) in [6.07, 6.45) is 2.01. The molecule has 2 aliphatic rings. The molecule has 0 amide bonds. The van der Waals surface area contributed by atoms with Crippen LogP contribution in [0.5, 0.6) is 0 Å². The molecule has 0 saturated carbocycles. The Morgan fingerprint density at radius 2 is 1.71 bits per heavy atom. The van der Waals surface area contributed by atoms with Crippen molar-refractivity contribution in [2.24, 2.45) is 5.92 Å². The van der Waals surface area contributed by atoms with Gasteiger partial charge in [0.25, 0.3) is 0 Å². The van der Waals surface area contributed by atoms with E-state index >= 15 is 0 Å². The monoisotopic (exact) mass is 281 g/mol. The number of sulfone groups is 1. The summed E-state index contributed by atoms with van der Waals surface area (Å²) in [5.41, 5.74) is 0. The fourth-order valence-corrected chi connectivity index (χ4v) is 7.01. The summed E-state index contributed by atoms with van der Waals surface area (Å²) in [7, 11) is -6.54. The molecule has 2 fully saturated rings. The molecule has 7 heteroatoms. The molecule has 0 N–H and O–H groups in total. The normalized spacial score (nSPS) is 31.7. The molecular weight excluding hydrogens is 262 g/mol. The second kappa shape index (κ2) is 4.51. The predicted molar refractivity (Wildman–Crippen MR) is 65.9 cm³/mol. The van der Waals surface area contributed by atoms with Crippen LogP contribution in [0.3, 0.4) is 0 Å². The number of rotatable bonds is 2. The second-order valence-electron chi connectivity index (χ2n) is 5.15. The Balaban J connectivity index is 2.09. The Hall–Kier alpha value is -0.140. The van der Waals surface area contributed by atoms with Gasteiger partial charge in [0, 0.05) is 13.1 Å². The van der Waals surface area contributed by atoms with Crippen molar-refractivity contribution in [1.82, 2.24) is 4.31 Å². The van der Waals surface area contributed by atoms with Crippen LogP contribution in [0, 0.1) is 5.92 Å². The zero-order chi connectivity index (χ0) is 12.7. The highest BCUT2D eigenvalue weighted by atomic mass is 32.2. The van der Waals surface area contributed by atoms with Crippen molar-refractivity contribution in [2.75, 3.05) is 24.6 Å². The summed E-state index contributed by atoms with van der Waals surface area (Å²) < 4.78 is 48.7. The first-order chi connectivity index (χ1) is 7.81. The van der Waals surface area contributed by atoms with Gasteiger partial charge in [0.05, 0.1) is 16.8 Å². The van der Waals surface area contributed by atoms with Gasteiger partial charge in [-0.15, -0.1) is 0 Å². The van der Waals surface area contributed by atoms with Crippen LogP contribution in [0.1, 0.15) is 26.2 Å². The van der Waals surface area contributed by atoms with Gasteiger partial charge >= 0.3 is 0 Å². The molecule has 2 aliphatic heterocycles. The summed E-state index contributed by atoms with van der Waals surface area (Å²) in [6, 6.07) is 0. The molecule has 0 unspecified atom stereocenters. The zero-order valence-corrected chi connectivity index (χ0v) is 11.6. The minimum atomic E-state index is -3.40. The van der Waals surface area contributed by atoms with Gasteiger partial charge in [-0.1, -0.05) is 6.92 Å². The van der Waals surface area contributed by atoms with Gasteiger partial charge < -0.3 is 0 Å². The highest BCUT2D eigenvalue weighted by Crippen LogP contribution is 2.26. The van der Waals surface area contributed by atoms with Gasteiger partial charge in [-0.05, 0) is 25.2 Å². The molecule has 0 aromatic heterocycles. The lowest BCUT2D eigenvalue weighted by molar-refractivity contribution is 0.286. The second-order valence-corrected chi connectivity index (χ2v) is 9.59. The fourth-order valence-electron chi connectivity index (χ4n) is 2.45. The minimum Gasteiger partial charge on any atom is -0.229 e. The number of sulfonamides is 1. The molecule has 2 saturated heterocycles. The molecule has 0 aromatic carbocycles. The van der Waals surface area contributed by atoms with E-state index in [0.717, 1.165) is 12.8 Å². The Morgan fingerprint density at radius 3 is 2.18 bits per heavy atom. The molecule has 0 radical (unpaired) electrons. The van der Waals surface area contributed by atoms with Crippen LogP contribution in [0.2, 0.25) is 0 Å². The lowest BCUT2D eigenvalue weighted by Crippen LogP contribution is -2.43. The SMILES string of the molecule is CC1CCN(S(=O)(=O)[C@@H]2CCS(=O)(=O)C2)CC1. The van der Waals surface area contributed by atoms with Crippen LogP contribution in [0.4, 0.5) is 0 Å². The van der Waals surface area contributed by atoms with E-state index < -0.39 is 25.1 Å². The smallest absolute Gasteiger partial charge is 0.218 e. The molecule has 0 bridgehead atoms. The van der Waals surface area contributed by atoms with Gasteiger partial charge in [-0.3, -0.25) is 0 Å². The van der Waals surface area contributed by atoms with Gasteiger partial charge in [0.1, 0.15) is 0 Å². The summed E-state index contributed by atoms with van der Waals surface area (Å²) in [4.78, 5) is 0. The van der Waals surface area contributed by atoms with Crippen molar-refractivity contribution in [3.63, 3.8) is 0 Å². The number of piperidine rings is 1. The standard InChI is InChI=1S/C10H19NO4S2/c1-9-2-5-11(6-3-9)17(14,15)10-4-7-16(12,13)8-10/h9-10H,2-8H2,1H3/t10-/m1/s1. The summed E-state index contributed by atoms with van der Waals surface area (Å²) in [5, 5.41) is -0.707. The van der Waals surface area contributed by atoms with Crippen LogP contribution in [-0.2, 0) is 19.9 Å². The number of hydrogen-bond acceptors (Lipinski definition) is 4. The largest absolute Gasteiger partial charge is 0.229 e. The molecule has 100 valence electrons. The molecule has 0 aromatic rings. The van der Waals surface area contributed by atoms with E-state index in [9.17, 15) is 16.8 Å². The van der Waals surface area contributed by atoms with Crippen molar-refractivity contribution in [2.45, 2.75) is 31.4 Å². The van der Waals surface area contributed by atoms with E-state index in [1.54, 1.807) is 0 Å². The minimum absolute atomic E-state index is 0.0150. The first kappa shape index (κ1) is 13.3. The third-order valence-electron chi connectivity index (χ3n) is 3.71. The number of hydrogen-bond donors (Lipinski definition) is 0. The maximum atomic E-state index is 12.2. The predicted octanol–water partition coefficient (Wildman–Crippen LogP) is 0.235. The average Bonchev–Trinajstić information content (AvgIpc) is 2.60. The van der Waals surface area contributed by atoms with Crippen molar-refractivity contribution in [1.29, 1.82) is 0 Å². The Kier molecular flexibility index (Phi) is 3.53. The zero-order valence-electron chi connectivity index (χ0n) is 10.0. The fraction of sp³-hybridized carbons (Fsp3) is 1.00. The Morgan fingerprint density at radius 1 is 1.12 bits per heavy atom. The van der Waals surface area contributed by atoms with E-state index in [-0.39, 0.29) is 17.9 Å². The summed E-state index contributed by atoms with van der Waals surface area (Å²) >= 11 is 0. The first-order valence-corrected chi connectivity index (χ1v) is 9.33. The summed E-state index contributed by atoms with van der Waals surface area (Å²) in [5.74, 6) is 0.386.